The highest BCUT2D eigenvalue weighted by Crippen LogP contribution is 2.20. The van der Waals surface area contributed by atoms with Crippen molar-refractivity contribution in [1.82, 2.24) is 9.62 Å². The smallest absolute Gasteiger partial charge is 0.371 e. The second-order valence-electron chi connectivity index (χ2n) is 5.39. The number of furan rings is 1. The summed E-state index contributed by atoms with van der Waals surface area (Å²) in [6.07, 6.45) is 1.27. The van der Waals surface area contributed by atoms with Gasteiger partial charge in [-0.15, -0.1) is 0 Å². The second kappa shape index (κ2) is 7.14. The summed E-state index contributed by atoms with van der Waals surface area (Å²) >= 11 is 0. The third-order valence-corrected chi connectivity index (χ3v) is 5.67. The highest BCUT2D eigenvalue weighted by Gasteiger charge is 2.31. The lowest BCUT2D eigenvalue weighted by atomic mass is 9.99. The molecule has 1 aliphatic heterocycles. The molecule has 1 fully saturated rings. The van der Waals surface area contributed by atoms with Gasteiger partial charge in [-0.05, 0) is 31.9 Å². The van der Waals surface area contributed by atoms with Crippen LogP contribution in [0.4, 0.5) is 0 Å². The van der Waals surface area contributed by atoms with Gasteiger partial charge in [0, 0.05) is 13.1 Å². The minimum absolute atomic E-state index is 0.0195. The molecule has 23 heavy (non-hydrogen) atoms. The predicted octanol–water partition coefficient (Wildman–Crippen LogP) is 0.656. The largest absolute Gasteiger partial charge is 0.475 e. The van der Waals surface area contributed by atoms with Gasteiger partial charge in [0.05, 0.1) is 18.2 Å². The SMILES string of the molecule is CCS(=O)(=O)N1CCCC(C(=O)NCc2ccc(C(=O)O)o2)C1. The van der Waals surface area contributed by atoms with Crippen molar-refractivity contribution in [3.63, 3.8) is 0 Å². The van der Waals surface area contributed by atoms with Gasteiger partial charge in [0.2, 0.25) is 21.7 Å². The first kappa shape index (κ1) is 17.5. The molecule has 0 saturated carbocycles. The molecule has 1 unspecified atom stereocenters. The molecular weight excluding hydrogens is 324 g/mol. The van der Waals surface area contributed by atoms with Crippen molar-refractivity contribution in [3.05, 3.63) is 23.7 Å². The highest BCUT2D eigenvalue weighted by atomic mass is 32.2. The van der Waals surface area contributed by atoms with Crippen LogP contribution in [0.5, 0.6) is 0 Å². The van der Waals surface area contributed by atoms with Crippen LogP contribution < -0.4 is 5.32 Å². The average molecular weight is 344 g/mol. The lowest BCUT2D eigenvalue weighted by Gasteiger charge is -2.30. The van der Waals surface area contributed by atoms with E-state index >= 15 is 0 Å². The summed E-state index contributed by atoms with van der Waals surface area (Å²) in [5.41, 5.74) is 0. The van der Waals surface area contributed by atoms with Crippen LogP contribution in [-0.2, 0) is 21.4 Å². The third-order valence-electron chi connectivity index (χ3n) is 3.82. The summed E-state index contributed by atoms with van der Waals surface area (Å²) in [5, 5.41) is 11.4. The maximum atomic E-state index is 12.2. The van der Waals surface area contributed by atoms with E-state index in [-0.39, 0.29) is 30.5 Å². The fourth-order valence-corrected chi connectivity index (χ4v) is 3.68. The molecule has 9 heteroatoms. The minimum atomic E-state index is -3.29. The minimum Gasteiger partial charge on any atom is -0.475 e. The van der Waals surface area contributed by atoms with Gasteiger partial charge in [-0.3, -0.25) is 4.79 Å². The lowest BCUT2D eigenvalue weighted by Crippen LogP contribution is -2.45. The maximum absolute atomic E-state index is 12.2. The molecule has 1 aromatic heterocycles. The van der Waals surface area contributed by atoms with Crippen molar-refractivity contribution in [2.75, 3.05) is 18.8 Å². The fraction of sp³-hybridized carbons (Fsp3) is 0.571. The van der Waals surface area contributed by atoms with Crippen LogP contribution in [0, 0.1) is 5.92 Å². The van der Waals surface area contributed by atoms with E-state index in [1.165, 1.54) is 16.4 Å². The van der Waals surface area contributed by atoms with Crippen molar-refractivity contribution < 1.29 is 27.5 Å². The Morgan fingerprint density at radius 3 is 2.78 bits per heavy atom. The molecule has 1 aromatic rings. The number of hydrogen-bond acceptors (Lipinski definition) is 5. The van der Waals surface area contributed by atoms with Crippen molar-refractivity contribution in [2.24, 2.45) is 5.92 Å². The van der Waals surface area contributed by atoms with E-state index in [0.29, 0.717) is 25.1 Å². The van der Waals surface area contributed by atoms with Gasteiger partial charge in [-0.25, -0.2) is 17.5 Å². The Labute approximate surface area is 134 Å². The van der Waals surface area contributed by atoms with Crippen LogP contribution in [0.25, 0.3) is 0 Å². The van der Waals surface area contributed by atoms with E-state index in [9.17, 15) is 18.0 Å². The van der Waals surface area contributed by atoms with Gasteiger partial charge in [-0.2, -0.15) is 0 Å². The molecule has 2 N–H and O–H groups in total. The van der Waals surface area contributed by atoms with Crippen LogP contribution in [0.2, 0.25) is 0 Å². The quantitative estimate of drug-likeness (QED) is 0.783. The van der Waals surface area contributed by atoms with Gasteiger partial charge < -0.3 is 14.8 Å². The molecule has 2 rings (SSSR count). The zero-order valence-corrected chi connectivity index (χ0v) is 13.6. The first-order chi connectivity index (χ1) is 10.8. The highest BCUT2D eigenvalue weighted by molar-refractivity contribution is 7.89. The number of hydrogen-bond donors (Lipinski definition) is 2. The molecule has 0 spiro atoms. The average Bonchev–Trinajstić information content (AvgIpc) is 3.02. The van der Waals surface area contributed by atoms with Gasteiger partial charge in [0.15, 0.2) is 0 Å². The van der Waals surface area contributed by atoms with Crippen LogP contribution in [0.15, 0.2) is 16.5 Å². The van der Waals surface area contributed by atoms with Gasteiger partial charge in [0.25, 0.3) is 0 Å². The van der Waals surface area contributed by atoms with Crippen molar-refractivity contribution in [3.8, 4) is 0 Å². The summed E-state index contributed by atoms with van der Waals surface area (Å²) < 4.78 is 30.2. The molecule has 8 nitrogen and oxygen atoms in total. The number of aromatic carboxylic acids is 1. The number of carbonyl (C=O) groups excluding carboxylic acids is 1. The number of nitrogens with one attached hydrogen (secondary N) is 1. The number of amides is 1. The molecule has 128 valence electrons. The number of carboxylic acid groups (broad SMARTS) is 1. The van der Waals surface area contributed by atoms with Crippen LogP contribution in [0.1, 0.15) is 36.1 Å². The van der Waals surface area contributed by atoms with Crippen molar-refractivity contribution in [1.29, 1.82) is 0 Å². The Kier molecular flexibility index (Phi) is 5.42. The maximum Gasteiger partial charge on any atom is 0.371 e. The van der Waals surface area contributed by atoms with Crippen molar-refractivity contribution in [2.45, 2.75) is 26.3 Å². The Balaban J connectivity index is 1.91. The Bertz CT molecular complexity index is 681. The number of rotatable bonds is 6. The van der Waals surface area contributed by atoms with Gasteiger partial charge in [0.1, 0.15) is 5.76 Å². The molecule has 0 aliphatic carbocycles. The number of carbonyl (C=O) groups is 2. The summed E-state index contributed by atoms with van der Waals surface area (Å²) in [5.74, 6) is -1.66. The Hall–Kier alpha value is -1.87. The summed E-state index contributed by atoms with van der Waals surface area (Å²) in [6, 6.07) is 2.80. The molecule has 0 bridgehead atoms. The van der Waals surface area contributed by atoms with Crippen LogP contribution in [0.3, 0.4) is 0 Å². The number of nitrogens with zero attached hydrogens (tertiary/aromatic N) is 1. The van der Waals surface area contributed by atoms with Crippen LogP contribution in [-0.4, -0.2) is 48.5 Å². The molecule has 1 saturated heterocycles. The lowest BCUT2D eigenvalue weighted by molar-refractivity contribution is -0.126. The molecule has 2 heterocycles. The standard InChI is InChI=1S/C14H20N2O6S/c1-2-23(20,21)16-7-3-4-10(9-16)13(17)15-8-11-5-6-12(22-11)14(18)19/h5-6,10H,2-4,7-9H2,1H3,(H,15,17)(H,18,19). The fourth-order valence-electron chi connectivity index (χ4n) is 2.50. The van der Waals surface area contributed by atoms with E-state index in [4.69, 9.17) is 9.52 Å². The van der Waals surface area contributed by atoms with E-state index in [2.05, 4.69) is 5.32 Å². The second-order valence-corrected chi connectivity index (χ2v) is 7.64. The molecule has 1 amide bonds. The van der Waals surface area contributed by atoms with Gasteiger partial charge in [-0.1, -0.05) is 0 Å². The zero-order valence-electron chi connectivity index (χ0n) is 12.8. The summed E-state index contributed by atoms with van der Waals surface area (Å²) in [6.45, 7) is 2.28. The Morgan fingerprint density at radius 2 is 2.17 bits per heavy atom. The number of carboxylic acids is 1. The molecule has 0 aromatic carbocycles. The first-order valence-corrected chi connectivity index (χ1v) is 9.02. The monoisotopic (exact) mass is 344 g/mol. The van der Waals surface area contributed by atoms with E-state index < -0.39 is 21.9 Å². The van der Waals surface area contributed by atoms with E-state index in [1.54, 1.807) is 6.92 Å². The molecule has 1 atom stereocenters. The number of sulfonamides is 1. The van der Waals surface area contributed by atoms with E-state index in [0.717, 1.165) is 0 Å². The van der Waals surface area contributed by atoms with Gasteiger partial charge >= 0.3 is 5.97 Å². The van der Waals surface area contributed by atoms with Crippen molar-refractivity contribution >= 4 is 21.9 Å². The first-order valence-electron chi connectivity index (χ1n) is 7.41. The molecular formula is C14H20N2O6S. The Morgan fingerprint density at radius 1 is 1.43 bits per heavy atom. The molecule has 0 radical (unpaired) electrons. The normalized spacial score (nSPS) is 19.4. The topological polar surface area (TPSA) is 117 Å². The molecule has 1 aliphatic rings. The summed E-state index contributed by atoms with van der Waals surface area (Å²) in [7, 11) is -3.29. The van der Waals surface area contributed by atoms with E-state index in [1.807, 2.05) is 0 Å². The number of piperidine rings is 1. The summed E-state index contributed by atoms with van der Waals surface area (Å²) in [4.78, 5) is 22.9. The zero-order chi connectivity index (χ0) is 17.0. The van der Waals surface area contributed by atoms with Crippen LogP contribution >= 0.6 is 0 Å². The third kappa shape index (κ3) is 4.32. The predicted molar refractivity (Wildman–Crippen MR) is 81.3 cm³/mol.